The molecule has 0 bridgehead atoms. The Bertz CT molecular complexity index is 861. The summed E-state index contributed by atoms with van der Waals surface area (Å²) >= 11 is 0. The fourth-order valence-corrected chi connectivity index (χ4v) is 3.70. The number of phenols is 2. The second kappa shape index (κ2) is 9.65. The molecule has 6 heteroatoms. The number of aliphatic hydroxyl groups excluding tert-OH is 1. The van der Waals surface area contributed by atoms with Crippen LogP contribution in [0.1, 0.15) is 42.4 Å². The highest BCUT2D eigenvalue weighted by Gasteiger charge is 2.19. The molecular formula is C23H28O6. The molecule has 0 amide bonds. The first-order chi connectivity index (χ1) is 14.0. The maximum Gasteiger partial charge on any atom is 0.164 e. The van der Waals surface area contributed by atoms with Crippen molar-refractivity contribution in [3.05, 3.63) is 47.0 Å². The number of phenolic OH excluding ortho intramolecular Hbond substituents is 2. The highest BCUT2D eigenvalue weighted by atomic mass is 16.5. The minimum Gasteiger partial charge on any atom is -0.504 e. The second-order valence-corrected chi connectivity index (χ2v) is 7.45. The Hall–Kier alpha value is -2.73. The van der Waals surface area contributed by atoms with Crippen LogP contribution >= 0.6 is 0 Å². The first-order valence-electron chi connectivity index (χ1n) is 10.00. The number of hydrogen-bond donors (Lipinski definition) is 3. The molecule has 1 heterocycles. The van der Waals surface area contributed by atoms with Crippen molar-refractivity contribution < 1.29 is 29.6 Å². The zero-order valence-electron chi connectivity index (χ0n) is 16.7. The van der Waals surface area contributed by atoms with Gasteiger partial charge in [0.15, 0.2) is 23.0 Å². The number of ether oxygens (including phenoxy) is 2. The van der Waals surface area contributed by atoms with E-state index in [4.69, 9.17) is 9.47 Å². The van der Waals surface area contributed by atoms with Gasteiger partial charge in [0.1, 0.15) is 5.78 Å². The number of rotatable bonds is 9. The van der Waals surface area contributed by atoms with Gasteiger partial charge in [-0.15, -0.1) is 0 Å². The van der Waals surface area contributed by atoms with E-state index in [1.54, 1.807) is 24.3 Å². The molecule has 3 rings (SSSR count). The van der Waals surface area contributed by atoms with Crippen LogP contribution in [-0.4, -0.2) is 40.9 Å². The van der Waals surface area contributed by atoms with E-state index in [1.165, 1.54) is 7.11 Å². The van der Waals surface area contributed by atoms with Gasteiger partial charge >= 0.3 is 0 Å². The largest absolute Gasteiger partial charge is 0.504 e. The van der Waals surface area contributed by atoms with E-state index in [1.807, 2.05) is 6.07 Å². The summed E-state index contributed by atoms with van der Waals surface area (Å²) in [6.45, 7) is 0.599. The zero-order chi connectivity index (χ0) is 20.8. The average Bonchev–Trinajstić information content (AvgIpc) is 2.73. The van der Waals surface area contributed by atoms with Gasteiger partial charge in [-0.2, -0.15) is 0 Å². The van der Waals surface area contributed by atoms with Crippen LogP contribution in [0.15, 0.2) is 30.3 Å². The van der Waals surface area contributed by atoms with Crippen molar-refractivity contribution in [3.8, 4) is 23.0 Å². The summed E-state index contributed by atoms with van der Waals surface area (Å²) in [6.07, 6.45) is 3.12. The number of aliphatic hydroxyl groups is 1. The molecule has 29 heavy (non-hydrogen) atoms. The van der Waals surface area contributed by atoms with Crippen LogP contribution in [0.4, 0.5) is 0 Å². The lowest BCUT2D eigenvalue weighted by atomic mass is 9.94. The third-order valence-corrected chi connectivity index (χ3v) is 5.30. The van der Waals surface area contributed by atoms with Crippen molar-refractivity contribution in [3.63, 3.8) is 0 Å². The maximum atomic E-state index is 12.3. The Morgan fingerprint density at radius 1 is 1.17 bits per heavy atom. The normalized spacial score (nSPS) is 14.0. The van der Waals surface area contributed by atoms with E-state index >= 15 is 0 Å². The summed E-state index contributed by atoms with van der Waals surface area (Å²) in [4.78, 5) is 12.3. The summed E-state index contributed by atoms with van der Waals surface area (Å²) in [5.74, 6) is 1.18. The van der Waals surface area contributed by atoms with E-state index in [0.717, 1.165) is 29.5 Å². The molecule has 0 radical (unpaired) electrons. The number of fused-ring (bicyclic) bond motifs is 1. The quantitative estimate of drug-likeness (QED) is 0.598. The summed E-state index contributed by atoms with van der Waals surface area (Å²) < 4.78 is 10.7. The number of hydrogen-bond acceptors (Lipinski definition) is 6. The highest BCUT2D eigenvalue weighted by Crippen LogP contribution is 2.36. The molecule has 0 aromatic heterocycles. The molecule has 0 unspecified atom stereocenters. The van der Waals surface area contributed by atoms with E-state index in [2.05, 4.69) is 0 Å². The molecule has 0 fully saturated rings. The minimum absolute atomic E-state index is 0.0133. The second-order valence-electron chi connectivity index (χ2n) is 7.45. The predicted octanol–water partition coefficient (Wildman–Crippen LogP) is 3.32. The molecule has 156 valence electrons. The van der Waals surface area contributed by atoms with E-state index < -0.39 is 6.10 Å². The van der Waals surface area contributed by atoms with Crippen LogP contribution < -0.4 is 9.47 Å². The molecule has 2 aromatic rings. The van der Waals surface area contributed by atoms with Gasteiger partial charge in [-0.1, -0.05) is 12.1 Å². The molecule has 1 aliphatic rings. The van der Waals surface area contributed by atoms with Gasteiger partial charge in [0.25, 0.3) is 0 Å². The van der Waals surface area contributed by atoms with Crippen LogP contribution in [0.5, 0.6) is 23.0 Å². The van der Waals surface area contributed by atoms with Crippen LogP contribution in [0.3, 0.4) is 0 Å². The van der Waals surface area contributed by atoms with Crippen molar-refractivity contribution in [2.75, 3.05) is 13.7 Å². The number of carbonyl (C=O) groups is 1. The maximum absolute atomic E-state index is 12.3. The average molecular weight is 400 g/mol. The number of aromatic hydroxyl groups is 2. The van der Waals surface area contributed by atoms with Gasteiger partial charge in [0, 0.05) is 18.4 Å². The predicted molar refractivity (Wildman–Crippen MR) is 109 cm³/mol. The third kappa shape index (κ3) is 5.41. The van der Waals surface area contributed by atoms with Crippen LogP contribution in [-0.2, 0) is 24.1 Å². The van der Waals surface area contributed by atoms with Gasteiger partial charge in [-0.05, 0) is 61.4 Å². The third-order valence-electron chi connectivity index (χ3n) is 5.30. The Balaban J connectivity index is 1.48. The SMILES string of the molecule is COc1cc(CC[C@@H](O)CC(=O)CCc2ccc(O)c3c2CCCO3)ccc1O. The number of carbonyl (C=O) groups excluding carboxylic acids is 1. The number of aryl methyl sites for hydroxylation is 2. The number of benzene rings is 2. The molecule has 2 aromatic carbocycles. The Kier molecular flexibility index (Phi) is 6.99. The van der Waals surface area contributed by atoms with Crippen molar-refractivity contribution >= 4 is 5.78 Å². The molecule has 0 saturated heterocycles. The van der Waals surface area contributed by atoms with E-state index in [0.29, 0.717) is 43.8 Å². The van der Waals surface area contributed by atoms with Crippen molar-refractivity contribution in [2.24, 2.45) is 0 Å². The monoisotopic (exact) mass is 400 g/mol. The molecule has 0 spiro atoms. The van der Waals surface area contributed by atoms with E-state index in [9.17, 15) is 20.1 Å². The smallest absolute Gasteiger partial charge is 0.164 e. The first-order valence-corrected chi connectivity index (χ1v) is 10.00. The lowest BCUT2D eigenvalue weighted by molar-refractivity contribution is -0.121. The van der Waals surface area contributed by atoms with Crippen LogP contribution in [0.2, 0.25) is 0 Å². The van der Waals surface area contributed by atoms with Gasteiger partial charge in [0.05, 0.1) is 19.8 Å². The highest BCUT2D eigenvalue weighted by molar-refractivity contribution is 5.79. The van der Waals surface area contributed by atoms with Crippen molar-refractivity contribution in [2.45, 2.75) is 51.0 Å². The topological polar surface area (TPSA) is 96.2 Å². The first kappa shape index (κ1) is 21.0. The molecule has 1 aliphatic heterocycles. The zero-order valence-corrected chi connectivity index (χ0v) is 16.7. The summed E-state index contributed by atoms with van der Waals surface area (Å²) in [5.41, 5.74) is 2.95. The van der Waals surface area contributed by atoms with E-state index in [-0.39, 0.29) is 23.7 Å². The fraction of sp³-hybridized carbons (Fsp3) is 0.435. The number of Topliss-reactive ketones (excluding diaryl/α,β-unsaturated/α-hetero) is 1. The van der Waals surface area contributed by atoms with Crippen LogP contribution in [0.25, 0.3) is 0 Å². The molecule has 0 aliphatic carbocycles. The summed E-state index contributed by atoms with van der Waals surface area (Å²) in [5, 5.41) is 29.8. The van der Waals surface area contributed by atoms with Gasteiger partial charge in [-0.25, -0.2) is 0 Å². The lowest BCUT2D eigenvalue weighted by Gasteiger charge is -2.21. The van der Waals surface area contributed by atoms with Crippen LogP contribution in [0, 0.1) is 0 Å². The Labute approximate surface area is 170 Å². The molecule has 1 atom stereocenters. The molecule has 6 nitrogen and oxygen atoms in total. The molecule has 0 saturated carbocycles. The lowest BCUT2D eigenvalue weighted by Crippen LogP contribution is -2.16. The van der Waals surface area contributed by atoms with Gasteiger partial charge < -0.3 is 24.8 Å². The number of methoxy groups -OCH3 is 1. The van der Waals surface area contributed by atoms with Crippen molar-refractivity contribution in [1.82, 2.24) is 0 Å². The Morgan fingerprint density at radius 3 is 2.76 bits per heavy atom. The summed E-state index contributed by atoms with van der Waals surface area (Å²) in [6, 6.07) is 8.55. The fourth-order valence-electron chi connectivity index (χ4n) is 3.70. The standard InChI is InChI=1S/C23H28O6/c1-28-22-13-15(5-10-20(22)26)4-8-17(24)14-18(25)9-6-16-7-11-21(27)23-19(16)3-2-12-29-23/h5,7,10-11,13,17,24,26-27H,2-4,6,8-9,12,14H2,1H3/t17-/m1/s1. The Morgan fingerprint density at radius 2 is 1.97 bits per heavy atom. The van der Waals surface area contributed by atoms with Gasteiger partial charge in [0.2, 0.25) is 0 Å². The number of ketones is 1. The van der Waals surface area contributed by atoms with Crippen molar-refractivity contribution in [1.29, 1.82) is 0 Å². The van der Waals surface area contributed by atoms with Gasteiger partial charge in [-0.3, -0.25) is 4.79 Å². The summed E-state index contributed by atoms with van der Waals surface area (Å²) in [7, 11) is 1.49. The minimum atomic E-state index is -0.709. The molecule has 3 N–H and O–H groups in total. The molecular weight excluding hydrogens is 372 g/mol.